The Morgan fingerprint density at radius 2 is 2.00 bits per heavy atom. The van der Waals surface area contributed by atoms with E-state index in [9.17, 15) is 4.79 Å². The summed E-state index contributed by atoms with van der Waals surface area (Å²) in [6.45, 7) is 5.91. The molecule has 0 aliphatic heterocycles. The van der Waals surface area contributed by atoms with Crippen molar-refractivity contribution < 1.29 is 4.79 Å². The van der Waals surface area contributed by atoms with Crippen molar-refractivity contribution in [1.29, 1.82) is 0 Å². The molecule has 0 bridgehead atoms. The van der Waals surface area contributed by atoms with Gasteiger partial charge in [0, 0.05) is 6.04 Å². The van der Waals surface area contributed by atoms with Gasteiger partial charge in [0.2, 0.25) is 5.91 Å². The lowest BCUT2D eigenvalue weighted by Gasteiger charge is -2.14. The van der Waals surface area contributed by atoms with Crippen molar-refractivity contribution in [3.8, 4) is 0 Å². The molecule has 2 atom stereocenters. The number of amides is 1. The van der Waals surface area contributed by atoms with Crippen LogP contribution in [0.5, 0.6) is 0 Å². The number of rotatable bonds is 4. The second-order valence-electron chi connectivity index (χ2n) is 2.83. The van der Waals surface area contributed by atoms with Crippen molar-refractivity contribution in [2.75, 3.05) is 0 Å². The van der Waals surface area contributed by atoms with Crippen LogP contribution in [0.25, 0.3) is 0 Å². The standard InChI is InChI=1S/C8H18N2O/c1-4-6(3)10-8(11)7(9)5-2/h6-7H,4-5,9H2,1-3H3,(H,10,11)/t6?,7-/m0/s1. The Bertz CT molecular complexity index is 125. The summed E-state index contributed by atoms with van der Waals surface area (Å²) in [6, 6.07) is -0.107. The van der Waals surface area contributed by atoms with Crippen LogP contribution < -0.4 is 11.1 Å². The summed E-state index contributed by atoms with van der Waals surface area (Å²) in [6.07, 6.45) is 1.64. The molecule has 0 aliphatic rings. The van der Waals surface area contributed by atoms with Gasteiger partial charge in [0.25, 0.3) is 0 Å². The van der Waals surface area contributed by atoms with Gasteiger partial charge in [-0.15, -0.1) is 0 Å². The number of carbonyl (C=O) groups excluding carboxylic acids is 1. The van der Waals surface area contributed by atoms with Crippen LogP contribution in [-0.2, 0) is 4.79 Å². The van der Waals surface area contributed by atoms with Crippen molar-refractivity contribution in [1.82, 2.24) is 5.32 Å². The summed E-state index contributed by atoms with van der Waals surface area (Å²) in [5.41, 5.74) is 5.51. The molecule has 0 radical (unpaired) electrons. The molecule has 0 aliphatic carbocycles. The molecule has 66 valence electrons. The molecule has 3 N–H and O–H groups in total. The van der Waals surface area contributed by atoms with Crippen LogP contribution in [0, 0.1) is 0 Å². The molecule has 0 rings (SSSR count). The highest BCUT2D eigenvalue weighted by Crippen LogP contribution is 1.91. The van der Waals surface area contributed by atoms with Crippen LogP contribution in [-0.4, -0.2) is 18.0 Å². The van der Waals surface area contributed by atoms with Gasteiger partial charge in [-0.2, -0.15) is 0 Å². The lowest BCUT2D eigenvalue weighted by molar-refractivity contribution is -0.123. The molecule has 0 saturated heterocycles. The predicted molar refractivity (Wildman–Crippen MR) is 46.2 cm³/mol. The molecule has 0 saturated carbocycles. The maximum Gasteiger partial charge on any atom is 0.237 e. The monoisotopic (exact) mass is 158 g/mol. The summed E-state index contributed by atoms with van der Waals surface area (Å²) in [5.74, 6) is -0.0400. The van der Waals surface area contributed by atoms with E-state index in [0.717, 1.165) is 6.42 Å². The van der Waals surface area contributed by atoms with Gasteiger partial charge in [-0.05, 0) is 19.8 Å². The summed E-state index contributed by atoms with van der Waals surface area (Å²) in [5, 5.41) is 2.82. The number of hydrogen-bond acceptors (Lipinski definition) is 2. The van der Waals surface area contributed by atoms with Crippen molar-refractivity contribution in [3.63, 3.8) is 0 Å². The summed E-state index contributed by atoms with van der Waals surface area (Å²) in [7, 11) is 0. The number of carbonyl (C=O) groups is 1. The van der Waals surface area contributed by atoms with Gasteiger partial charge in [0.05, 0.1) is 6.04 Å². The van der Waals surface area contributed by atoms with Gasteiger partial charge >= 0.3 is 0 Å². The van der Waals surface area contributed by atoms with Gasteiger partial charge in [-0.1, -0.05) is 13.8 Å². The lowest BCUT2D eigenvalue weighted by atomic mass is 10.2. The zero-order valence-corrected chi connectivity index (χ0v) is 7.55. The van der Waals surface area contributed by atoms with Crippen LogP contribution >= 0.6 is 0 Å². The summed E-state index contributed by atoms with van der Waals surface area (Å²) < 4.78 is 0. The SMILES string of the molecule is CCC(C)NC(=O)[C@@H](N)CC. The first-order valence-corrected chi connectivity index (χ1v) is 4.17. The average molecular weight is 158 g/mol. The lowest BCUT2D eigenvalue weighted by Crippen LogP contribution is -2.43. The fraction of sp³-hybridized carbons (Fsp3) is 0.875. The maximum atomic E-state index is 11.1. The normalized spacial score (nSPS) is 15.6. The zero-order chi connectivity index (χ0) is 8.85. The van der Waals surface area contributed by atoms with E-state index in [0.29, 0.717) is 6.42 Å². The minimum Gasteiger partial charge on any atom is -0.352 e. The Kier molecular flexibility index (Phi) is 4.86. The van der Waals surface area contributed by atoms with Gasteiger partial charge in [0.15, 0.2) is 0 Å². The average Bonchev–Trinajstić information content (AvgIpc) is 2.02. The number of hydrogen-bond donors (Lipinski definition) is 2. The van der Waals surface area contributed by atoms with E-state index in [1.807, 2.05) is 20.8 Å². The maximum absolute atomic E-state index is 11.1. The number of nitrogens with one attached hydrogen (secondary N) is 1. The van der Waals surface area contributed by atoms with Crippen molar-refractivity contribution >= 4 is 5.91 Å². The van der Waals surface area contributed by atoms with Gasteiger partial charge < -0.3 is 11.1 Å². The summed E-state index contributed by atoms with van der Waals surface area (Å²) >= 11 is 0. The van der Waals surface area contributed by atoms with Crippen molar-refractivity contribution in [2.24, 2.45) is 5.73 Å². The third kappa shape index (κ3) is 3.98. The Morgan fingerprint density at radius 3 is 2.36 bits per heavy atom. The molecule has 11 heavy (non-hydrogen) atoms. The fourth-order valence-electron chi connectivity index (χ4n) is 0.637. The molecular weight excluding hydrogens is 140 g/mol. The van der Waals surface area contributed by atoms with E-state index in [-0.39, 0.29) is 18.0 Å². The van der Waals surface area contributed by atoms with Gasteiger partial charge in [0.1, 0.15) is 0 Å². The molecule has 0 aromatic rings. The second kappa shape index (κ2) is 5.13. The molecule has 3 nitrogen and oxygen atoms in total. The van der Waals surface area contributed by atoms with E-state index in [1.165, 1.54) is 0 Å². The van der Waals surface area contributed by atoms with Crippen LogP contribution in [0.1, 0.15) is 33.6 Å². The molecule has 1 amide bonds. The van der Waals surface area contributed by atoms with Crippen LogP contribution in [0.3, 0.4) is 0 Å². The van der Waals surface area contributed by atoms with E-state index in [1.54, 1.807) is 0 Å². The number of nitrogens with two attached hydrogens (primary N) is 1. The quantitative estimate of drug-likeness (QED) is 0.630. The predicted octanol–water partition coefficient (Wildman–Crippen LogP) is 0.638. The van der Waals surface area contributed by atoms with Crippen LogP contribution in [0.15, 0.2) is 0 Å². The first-order valence-electron chi connectivity index (χ1n) is 4.17. The van der Waals surface area contributed by atoms with Crippen LogP contribution in [0.2, 0.25) is 0 Å². The second-order valence-corrected chi connectivity index (χ2v) is 2.83. The molecule has 3 heteroatoms. The van der Waals surface area contributed by atoms with Crippen molar-refractivity contribution in [3.05, 3.63) is 0 Å². The minimum absolute atomic E-state index is 0.0400. The molecule has 1 unspecified atom stereocenters. The first-order chi connectivity index (χ1) is 5.11. The third-order valence-electron chi connectivity index (χ3n) is 1.78. The minimum atomic E-state index is -0.344. The molecule has 0 spiro atoms. The van der Waals surface area contributed by atoms with Gasteiger partial charge in [-0.25, -0.2) is 0 Å². The molecular formula is C8H18N2O. The largest absolute Gasteiger partial charge is 0.352 e. The Morgan fingerprint density at radius 1 is 1.45 bits per heavy atom. The molecule has 0 fully saturated rings. The summed E-state index contributed by atoms with van der Waals surface area (Å²) in [4.78, 5) is 11.1. The molecule has 0 heterocycles. The highest BCUT2D eigenvalue weighted by atomic mass is 16.2. The fourth-order valence-corrected chi connectivity index (χ4v) is 0.637. The topological polar surface area (TPSA) is 55.1 Å². The molecule has 0 aromatic carbocycles. The van der Waals surface area contributed by atoms with E-state index >= 15 is 0 Å². The highest BCUT2D eigenvalue weighted by molar-refractivity contribution is 5.81. The highest BCUT2D eigenvalue weighted by Gasteiger charge is 2.11. The first kappa shape index (κ1) is 10.4. The zero-order valence-electron chi connectivity index (χ0n) is 7.55. The van der Waals surface area contributed by atoms with E-state index < -0.39 is 0 Å². The smallest absolute Gasteiger partial charge is 0.237 e. The van der Waals surface area contributed by atoms with Crippen molar-refractivity contribution in [2.45, 2.75) is 45.7 Å². The van der Waals surface area contributed by atoms with Gasteiger partial charge in [-0.3, -0.25) is 4.79 Å². The molecule has 0 aromatic heterocycles. The Balaban J connectivity index is 3.68. The van der Waals surface area contributed by atoms with E-state index in [4.69, 9.17) is 5.73 Å². The van der Waals surface area contributed by atoms with E-state index in [2.05, 4.69) is 5.32 Å². The third-order valence-corrected chi connectivity index (χ3v) is 1.78. The Labute approximate surface area is 68.3 Å². The van der Waals surface area contributed by atoms with Crippen LogP contribution in [0.4, 0.5) is 0 Å². The Hall–Kier alpha value is -0.570.